The zero-order valence-corrected chi connectivity index (χ0v) is 17.4. The minimum atomic E-state index is -0.550. The molecule has 1 heterocycles. The van der Waals surface area contributed by atoms with Crippen LogP contribution in [0.3, 0.4) is 0 Å². The minimum absolute atomic E-state index is 0.223. The normalized spacial score (nSPS) is 18.7. The number of rotatable bonds is 10. The van der Waals surface area contributed by atoms with Gasteiger partial charge in [-0.3, -0.25) is 4.90 Å². The topological polar surface area (TPSA) is 60.4 Å². The van der Waals surface area contributed by atoms with Crippen molar-refractivity contribution in [3.8, 4) is 11.5 Å². The molecule has 1 aliphatic rings. The zero-order chi connectivity index (χ0) is 19.9. The van der Waals surface area contributed by atoms with Gasteiger partial charge in [-0.1, -0.05) is 6.07 Å². The van der Waals surface area contributed by atoms with Crippen molar-refractivity contribution < 1.29 is 24.1 Å². The summed E-state index contributed by atoms with van der Waals surface area (Å²) in [6, 6.07) is 5.93. The first-order valence-corrected chi connectivity index (χ1v) is 9.67. The summed E-state index contributed by atoms with van der Waals surface area (Å²) in [5, 5.41) is 10.5. The molecule has 0 spiro atoms. The molecule has 154 valence electrons. The average molecular weight is 382 g/mol. The SMILES string of the molecule is COc1ccc(CN(C[C@H](O)COC(C)(C)C)C[C@H]2CCCO2)cc1OC. The number of aliphatic hydroxyl groups is 1. The zero-order valence-electron chi connectivity index (χ0n) is 17.4. The summed E-state index contributed by atoms with van der Waals surface area (Å²) in [4.78, 5) is 2.23. The summed E-state index contributed by atoms with van der Waals surface area (Å²) in [5.74, 6) is 1.43. The molecule has 6 nitrogen and oxygen atoms in total. The minimum Gasteiger partial charge on any atom is -0.493 e. The smallest absolute Gasteiger partial charge is 0.161 e. The van der Waals surface area contributed by atoms with E-state index in [9.17, 15) is 5.11 Å². The van der Waals surface area contributed by atoms with Crippen LogP contribution in [-0.4, -0.2) is 68.3 Å². The summed E-state index contributed by atoms with van der Waals surface area (Å²) in [6.45, 7) is 9.15. The van der Waals surface area contributed by atoms with Crippen molar-refractivity contribution in [3.05, 3.63) is 23.8 Å². The van der Waals surface area contributed by atoms with Crippen molar-refractivity contribution in [2.75, 3.05) is 40.5 Å². The van der Waals surface area contributed by atoms with E-state index in [1.807, 2.05) is 39.0 Å². The second-order valence-corrected chi connectivity index (χ2v) is 8.10. The standard InChI is InChI=1S/C21H35NO5/c1-21(2,3)27-15-17(23)13-22(14-18-7-6-10-26-18)12-16-8-9-19(24-4)20(11-16)25-5/h8-9,11,17-18,23H,6-7,10,12-15H2,1-5H3/t17-,18+/m0/s1. The first-order valence-electron chi connectivity index (χ1n) is 9.67. The van der Waals surface area contributed by atoms with Crippen molar-refractivity contribution in [3.63, 3.8) is 0 Å². The summed E-state index contributed by atoms with van der Waals surface area (Å²) in [5.41, 5.74) is 0.846. The van der Waals surface area contributed by atoms with Gasteiger partial charge in [0.2, 0.25) is 0 Å². The molecule has 0 saturated carbocycles. The quantitative estimate of drug-likeness (QED) is 0.673. The van der Waals surface area contributed by atoms with Gasteiger partial charge in [-0.2, -0.15) is 0 Å². The molecule has 0 aromatic heterocycles. The van der Waals surface area contributed by atoms with E-state index in [1.165, 1.54) is 0 Å². The lowest BCUT2D eigenvalue weighted by Crippen LogP contribution is -2.40. The van der Waals surface area contributed by atoms with Gasteiger partial charge in [-0.25, -0.2) is 0 Å². The molecule has 1 aliphatic heterocycles. The van der Waals surface area contributed by atoms with Crippen LogP contribution in [0, 0.1) is 0 Å². The van der Waals surface area contributed by atoms with Gasteiger partial charge in [-0.05, 0) is 51.3 Å². The average Bonchev–Trinajstić information content (AvgIpc) is 3.12. The monoisotopic (exact) mass is 381 g/mol. The molecule has 0 radical (unpaired) electrons. The fourth-order valence-electron chi connectivity index (χ4n) is 3.21. The number of methoxy groups -OCH3 is 2. The number of ether oxygens (including phenoxy) is 4. The van der Waals surface area contributed by atoms with Crippen molar-refractivity contribution in [1.82, 2.24) is 4.90 Å². The largest absolute Gasteiger partial charge is 0.493 e. The second-order valence-electron chi connectivity index (χ2n) is 8.10. The summed E-state index contributed by atoms with van der Waals surface area (Å²) >= 11 is 0. The Hall–Kier alpha value is -1.34. The predicted octanol–water partition coefficient (Wildman–Crippen LogP) is 2.86. The lowest BCUT2D eigenvalue weighted by molar-refractivity contribution is -0.0594. The van der Waals surface area contributed by atoms with Crippen molar-refractivity contribution in [2.24, 2.45) is 0 Å². The number of hydrogen-bond donors (Lipinski definition) is 1. The van der Waals surface area contributed by atoms with Crippen LogP contribution in [0.25, 0.3) is 0 Å². The number of nitrogens with zero attached hydrogens (tertiary/aromatic N) is 1. The van der Waals surface area contributed by atoms with E-state index >= 15 is 0 Å². The molecule has 1 N–H and O–H groups in total. The van der Waals surface area contributed by atoms with Gasteiger partial charge in [0.1, 0.15) is 0 Å². The number of hydrogen-bond acceptors (Lipinski definition) is 6. The van der Waals surface area contributed by atoms with Crippen LogP contribution < -0.4 is 9.47 Å². The molecule has 0 aliphatic carbocycles. The molecule has 1 fully saturated rings. The van der Waals surface area contributed by atoms with E-state index in [1.54, 1.807) is 14.2 Å². The lowest BCUT2D eigenvalue weighted by Gasteiger charge is -2.29. The van der Waals surface area contributed by atoms with Crippen LogP contribution >= 0.6 is 0 Å². The van der Waals surface area contributed by atoms with Crippen LogP contribution in [-0.2, 0) is 16.0 Å². The van der Waals surface area contributed by atoms with Gasteiger partial charge >= 0.3 is 0 Å². The van der Waals surface area contributed by atoms with Gasteiger partial charge in [-0.15, -0.1) is 0 Å². The molecule has 1 saturated heterocycles. The Bertz CT molecular complexity index is 566. The van der Waals surface area contributed by atoms with Crippen LogP contribution in [0.1, 0.15) is 39.2 Å². The Kier molecular flexibility index (Phi) is 8.35. The van der Waals surface area contributed by atoms with Gasteiger partial charge in [0.25, 0.3) is 0 Å². The van der Waals surface area contributed by atoms with Gasteiger partial charge in [0.15, 0.2) is 11.5 Å². The highest BCUT2D eigenvalue weighted by atomic mass is 16.5. The van der Waals surface area contributed by atoms with E-state index in [4.69, 9.17) is 18.9 Å². The predicted molar refractivity (Wildman–Crippen MR) is 106 cm³/mol. The maximum Gasteiger partial charge on any atom is 0.161 e. The van der Waals surface area contributed by atoms with Crippen LogP contribution in [0.2, 0.25) is 0 Å². The van der Waals surface area contributed by atoms with E-state index in [2.05, 4.69) is 4.90 Å². The van der Waals surface area contributed by atoms with Crippen molar-refractivity contribution in [1.29, 1.82) is 0 Å². The van der Waals surface area contributed by atoms with E-state index in [-0.39, 0.29) is 11.7 Å². The van der Waals surface area contributed by atoms with Gasteiger partial charge in [0.05, 0.1) is 38.6 Å². The van der Waals surface area contributed by atoms with Crippen LogP contribution in [0.4, 0.5) is 0 Å². The second kappa shape index (κ2) is 10.3. The fraction of sp³-hybridized carbons (Fsp3) is 0.714. The highest BCUT2D eigenvalue weighted by Gasteiger charge is 2.22. The molecule has 6 heteroatoms. The maximum atomic E-state index is 10.5. The fourth-order valence-corrected chi connectivity index (χ4v) is 3.21. The molecular weight excluding hydrogens is 346 g/mol. The van der Waals surface area contributed by atoms with Crippen molar-refractivity contribution >= 4 is 0 Å². The Morgan fingerprint density at radius 1 is 1.22 bits per heavy atom. The first-order chi connectivity index (χ1) is 12.8. The maximum absolute atomic E-state index is 10.5. The summed E-state index contributed by atoms with van der Waals surface area (Å²) in [6.07, 6.45) is 1.84. The third kappa shape index (κ3) is 7.66. The first kappa shape index (κ1) is 22.0. The third-order valence-corrected chi connectivity index (χ3v) is 4.52. The molecular formula is C21H35NO5. The summed E-state index contributed by atoms with van der Waals surface area (Å²) < 4.78 is 22.3. The van der Waals surface area contributed by atoms with Crippen LogP contribution in [0.5, 0.6) is 11.5 Å². The third-order valence-electron chi connectivity index (χ3n) is 4.52. The van der Waals surface area contributed by atoms with Gasteiger partial charge < -0.3 is 24.1 Å². The molecule has 1 aromatic rings. The molecule has 27 heavy (non-hydrogen) atoms. The number of aliphatic hydroxyl groups excluding tert-OH is 1. The molecule has 2 rings (SSSR count). The highest BCUT2D eigenvalue weighted by molar-refractivity contribution is 5.42. The highest BCUT2D eigenvalue weighted by Crippen LogP contribution is 2.28. The molecule has 2 atom stereocenters. The lowest BCUT2D eigenvalue weighted by atomic mass is 10.1. The molecule has 1 aromatic carbocycles. The number of benzene rings is 1. The molecule has 0 unspecified atom stereocenters. The van der Waals surface area contributed by atoms with E-state index in [0.717, 1.165) is 31.6 Å². The van der Waals surface area contributed by atoms with Crippen molar-refractivity contribution in [2.45, 2.75) is 58.0 Å². The Morgan fingerprint density at radius 2 is 1.96 bits per heavy atom. The van der Waals surface area contributed by atoms with E-state index < -0.39 is 6.10 Å². The van der Waals surface area contributed by atoms with E-state index in [0.29, 0.717) is 31.2 Å². The Labute approximate surface area is 163 Å². The van der Waals surface area contributed by atoms with Crippen LogP contribution in [0.15, 0.2) is 18.2 Å². The summed E-state index contributed by atoms with van der Waals surface area (Å²) in [7, 11) is 3.27. The molecule has 0 amide bonds. The molecule has 0 bridgehead atoms. The Balaban J connectivity index is 2.02. The Morgan fingerprint density at radius 3 is 2.56 bits per heavy atom. The van der Waals surface area contributed by atoms with Gasteiger partial charge in [0, 0.05) is 26.2 Å².